The van der Waals surface area contributed by atoms with Gasteiger partial charge in [0.05, 0.1) is 0 Å². The second-order valence-corrected chi connectivity index (χ2v) is 7.10. The highest BCUT2D eigenvalue weighted by Gasteiger charge is 2.32. The molecule has 104 valence electrons. The molecule has 0 aromatic heterocycles. The summed E-state index contributed by atoms with van der Waals surface area (Å²) in [6, 6.07) is 9.04. The van der Waals surface area contributed by atoms with Gasteiger partial charge in [0.15, 0.2) is 0 Å². The van der Waals surface area contributed by atoms with Crippen molar-refractivity contribution in [2.45, 2.75) is 43.4 Å². The van der Waals surface area contributed by atoms with Crippen molar-refractivity contribution in [3.63, 3.8) is 0 Å². The monoisotopic (exact) mass is 275 g/mol. The summed E-state index contributed by atoms with van der Waals surface area (Å²) < 4.78 is 0. The molecule has 0 spiro atoms. The Bertz CT molecular complexity index is 417. The van der Waals surface area contributed by atoms with Gasteiger partial charge in [-0.25, -0.2) is 0 Å². The molecule has 0 radical (unpaired) electrons. The van der Waals surface area contributed by atoms with Gasteiger partial charge in [-0.05, 0) is 55.3 Å². The number of benzene rings is 1. The molecule has 0 amide bonds. The Balaban J connectivity index is 1.62. The SMILES string of the molecule is CCNCC1CCCC1CC1CSc2ccccc21. The zero-order valence-corrected chi connectivity index (χ0v) is 12.7. The maximum absolute atomic E-state index is 3.56. The predicted molar refractivity (Wildman–Crippen MR) is 83.9 cm³/mol. The lowest BCUT2D eigenvalue weighted by molar-refractivity contribution is 0.334. The van der Waals surface area contributed by atoms with Crippen molar-refractivity contribution in [1.29, 1.82) is 0 Å². The lowest BCUT2D eigenvalue weighted by atomic mass is 9.84. The van der Waals surface area contributed by atoms with Crippen LogP contribution in [-0.4, -0.2) is 18.8 Å². The topological polar surface area (TPSA) is 12.0 Å². The Morgan fingerprint density at radius 3 is 2.95 bits per heavy atom. The van der Waals surface area contributed by atoms with Gasteiger partial charge >= 0.3 is 0 Å². The summed E-state index contributed by atoms with van der Waals surface area (Å²) in [5.74, 6) is 4.01. The molecule has 1 nitrogen and oxygen atoms in total. The van der Waals surface area contributed by atoms with Crippen LogP contribution < -0.4 is 5.32 Å². The van der Waals surface area contributed by atoms with Gasteiger partial charge in [0.1, 0.15) is 0 Å². The molecule has 1 saturated carbocycles. The molecule has 3 rings (SSSR count). The molecular formula is C17H25NS. The van der Waals surface area contributed by atoms with Crippen molar-refractivity contribution in [2.24, 2.45) is 11.8 Å². The molecule has 2 aliphatic rings. The third-order valence-corrected chi connectivity index (χ3v) is 6.11. The van der Waals surface area contributed by atoms with E-state index in [4.69, 9.17) is 0 Å². The van der Waals surface area contributed by atoms with Crippen LogP contribution in [-0.2, 0) is 0 Å². The van der Waals surface area contributed by atoms with Gasteiger partial charge < -0.3 is 5.32 Å². The second kappa shape index (κ2) is 6.32. The van der Waals surface area contributed by atoms with Gasteiger partial charge in [-0.15, -0.1) is 11.8 Å². The summed E-state index contributed by atoms with van der Waals surface area (Å²) >= 11 is 2.06. The molecule has 0 bridgehead atoms. The summed E-state index contributed by atoms with van der Waals surface area (Å²) in [5, 5.41) is 3.56. The zero-order chi connectivity index (χ0) is 13.1. The van der Waals surface area contributed by atoms with E-state index >= 15 is 0 Å². The molecule has 1 aromatic rings. The Kier molecular flexibility index (Phi) is 4.49. The number of fused-ring (bicyclic) bond motifs is 1. The third-order valence-electron chi connectivity index (χ3n) is 4.86. The summed E-state index contributed by atoms with van der Waals surface area (Å²) in [7, 11) is 0. The zero-order valence-electron chi connectivity index (χ0n) is 11.9. The van der Waals surface area contributed by atoms with Crippen LogP contribution in [0, 0.1) is 11.8 Å². The molecule has 1 aromatic carbocycles. The van der Waals surface area contributed by atoms with Gasteiger partial charge in [0.2, 0.25) is 0 Å². The first-order chi connectivity index (χ1) is 9.38. The molecule has 1 heterocycles. The summed E-state index contributed by atoms with van der Waals surface area (Å²) in [4.78, 5) is 1.54. The Morgan fingerprint density at radius 1 is 1.21 bits per heavy atom. The molecular weight excluding hydrogens is 250 g/mol. The van der Waals surface area contributed by atoms with E-state index in [0.717, 1.165) is 24.3 Å². The normalized spacial score (nSPS) is 29.6. The third kappa shape index (κ3) is 3.00. The molecule has 1 N–H and O–H groups in total. The van der Waals surface area contributed by atoms with E-state index in [0.29, 0.717) is 0 Å². The molecule has 1 aliphatic heterocycles. The highest BCUT2D eigenvalue weighted by Crippen LogP contribution is 2.46. The fourth-order valence-electron chi connectivity index (χ4n) is 3.81. The molecule has 0 saturated heterocycles. The number of rotatable bonds is 5. The highest BCUT2D eigenvalue weighted by molar-refractivity contribution is 7.99. The minimum absolute atomic E-state index is 0.813. The quantitative estimate of drug-likeness (QED) is 0.860. The highest BCUT2D eigenvalue weighted by atomic mass is 32.2. The smallest absolute Gasteiger partial charge is 0.0107 e. The molecule has 2 heteroatoms. The van der Waals surface area contributed by atoms with Crippen LogP contribution in [0.3, 0.4) is 0 Å². The molecule has 3 atom stereocenters. The predicted octanol–water partition coefficient (Wildman–Crippen LogP) is 4.29. The summed E-state index contributed by atoms with van der Waals surface area (Å²) in [5.41, 5.74) is 1.63. The lowest BCUT2D eigenvalue weighted by Crippen LogP contribution is -2.26. The van der Waals surface area contributed by atoms with E-state index in [1.54, 1.807) is 5.56 Å². The van der Waals surface area contributed by atoms with Crippen molar-refractivity contribution < 1.29 is 0 Å². The number of hydrogen-bond acceptors (Lipinski definition) is 2. The number of nitrogens with one attached hydrogen (secondary N) is 1. The van der Waals surface area contributed by atoms with Crippen molar-refractivity contribution in [1.82, 2.24) is 5.32 Å². The maximum Gasteiger partial charge on any atom is 0.0107 e. The molecule has 3 unspecified atom stereocenters. The van der Waals surface area contributed by atoms with Crippen molar-refractivity contribution in [2.75, 3.05) is 18.8 Å². The first kappa shape index (κ1) is 13.5. The lowest BCUT2D eigenvalue weighted by Gasteiger charge is -2.23. The van der Waals surface area contributed by atoms with E-state index in [9.17, 15) is 0 Å². The average Bonchev–Trinajstić information content (AvgIpc) is 3.05. The first-order valence-electron chi connectivity index (χ1n) is 7.81. The van der Waals surface area contributed by atoms with E-state index < -0.39 is 0 Å². The standard InChI is InChI=1S/C17H25NS/c1-2-18-11-14-7-5-6-13(14)10-15-12-19-17-9-4-3-8-16(15)17/h3-4,8-9,13-15,18H,2,5-7,10-12H2,1H3. The maximum atomic E-state index is 3.56. The van der Waals surface area contributed by atoms with Crippen molar-refractivity contribution >= 4 is 11.8 Å². The fourth-order valence-corrected chi connectivity index (χ4v) is 5.08. The van der Waals surface area contributed by atoms with Crippen LogP contribution in [0.1, 0.15) is 44.1 Å². The van der Waals surface area contributed by atoms with Crippen LogP contribution in [0.2, 0.25) is 0 Å². The fraction of sp³-hybridized carbons (Fsp3) is 0.647. The van der Waals surface area contributed by atoms with Gasteiger partial charge in [-0.1, -0.05) is 38.0 Å². The Hall–Kier alpha value is -0.470. The van der Waals surface area contributed by atoms with Crippen LogP contribution >= 0.6 is 11.8 Å². The minimum atomic E-state index is 0.813. The van der Waals surface area contributed by atoms with Crippen LogP contribution in [0.15, 0.2) is 29.2 Å². The van der Waals surface area contributed by atoms with Crippen molar-refractivity contribution in [3.05, 3.63) is 29.8 Å². The van der Waals surface area contributed by atoms with Crippen LogP contribution in [0.25, 0.3) is 0 Å². The molecule has 1 aliphatic carbocycles. The average molecular weight is 275 g/mol. The van der Waals surface area contributed by atoms with Crippen LogP contribution in [0.4, 0.5) is 0 Å². The molecule has 19 heavy (non-hydrogen) atoms. The Labute approximate surface area is 121 Å². The number of thioether (sulfide) groups is 1. The van der Waals surface area contributed by atoms with Gasteiger partial charge in [0, 0.05) is 10.6 Å². The Morgan fingerprint density at radius 2 is 2.05 bits per heavy atom. The van der Waals surface area contributed by atoms with E-state index in [-0.39, 0.29) is 0 Å². The number of hydrogen-bond donors (Lipinski definition) is 1. The molecule has 1 fully saturated rings. The van der Waals surface area contributed by atoms with Gasteiger partial charge in [-0.3, -0.25) is 0 Å². The van der Waals surface area contributed by atoms with E-state index in [1.807, 2.05) is 0 Å². The van der Waals surface area contributed by atoms with Gasteiger partial charge in [-0.2, -0.15) is 0 Å². The van der Waals surface area contributed by atoms with Crippen molar-refractivity contribution in [3.8, 4) is 0 Å². The van der Waals surface area contributed by atoms with Gasteiger partial charge in [0.25, 0.3) is 0 Å². The largest absolute Gasteiger partial charge is 0.317 e. The van der Waals surface area contributed by atoms with E-state index in [2.05, 4.69) is 48.3 Å². The first-order valence-corrected chi connectivity index (χ1v) is 8.79. The second-order valence-electron chi connectivity index (χ2n) is 6.04. The summed E-state index contributed by atoms with van der Waals surface area (Å²) in [6.45, 7) is 4.57. The minimum Gasteiger partial charge on any atom is -0.317 e. The van der Waals surface area contributed by atoms with Crippen LogP contribution in [0.5, 0.6) is 0 Å². The summed E-state index contributed by atoms with van der Waals surface area (Å²) in [6.07, 6.45) is 5.76. The van der Waals surface area contributed by atoms with E-state index in [1.165, 1.54) is 42.9 Å².